The summed E-state index contributed by atoms with van der Waals surface area (Å²) < 4.78 is 0. The number of hydrogen-bond acceptors (Lipinski definition) is 13. The summed E-state index contributed by atoms with van der Waals surface area (Å²) in [6, 6.07) is 0. The largest absolute Gasteiger partial charge is 0.390 e. The Morgan fingerprint density at radius 2 is 0.887 bits per heavy atom. The topological polar surface area (TPSA) is 223 Å². The van der Waals surface area contributed by atoms with E-state index in [2.05, 4.69) is 38.4 Å². The lowest BCUT2D eigenvalue weighted by Gasteiger charge is -2.29. The maximum Gasteiger partial charge on any atom is 0.229 e. The van der Waals surface area contributed by atoms with E-state index in [0.717, 1.165) is 58.2 Å². The van der Waals surface area contributed by atoms with Crippen molar-refractivity contribution >= 4 is 46.6 Å². The normalized spacial score (nSPS) is 11.7. The molecular weight excluding hydrogens is 795 g/mol. The molecule has 6 N–H and O–H groups in total. The second kappa shape index (κ2) is 40.3. The zero-order valence-corrected chi connectivity index (χ0v) is 39.0. The highest BCUT2D eigenvalue weighted by molar-refractivity contribution is 5.97. The Morgan fingerprint density at radius 3 is 1.39 bits per heavy atom. The molecule has 0 radical (unpaired) electrons. The minimum absolute atomic E-state index is 0.111. The lowest BCUT2D eigenvalue weighted by Crippen LogP contribution is -2.46. The predicted octanol–water partition coefficient (Wildman–Crippen LogP) is 3.21. The highest BCUT2D eigenvalue weighted by atomic mass is 16.3. The molecule has 0 aromatic heterocycles. The van der Waals surface area contributed by atoms with Crippen molar-refractivity contribution < 1.29 is 43.5 Å². The summed E-state index contributed by atoms with van der Waals surface area (Å²) in [6.45, 7) is 10.9. The van der Waals surface area contributed by atoms with Gasteiger partial charge in [-0.2, -0.15) is 0 Å². The average Bonchev–Trinajstić information content (AvgIpc) is 3.20. The molecule has 16 nitrogen and oxygen atoms in total. The van der Waals surface area contributed by atoms with Crippen LogP contribution in [0.5, 0.6) is 0 Å². The first-order valence-corrected chi connectivity index (χ1v) is 23.6. The van der Waals surface area contributed by atoms with Crippen molar-refractivity contribution in [2.45, 2.75) is 162 Å². The molecule has 0 fully saturated rings. The van der Waals surface area contributed by atoms with Crippen LogP contribution in [0.15, 0.2) is 0 Å². The van der Waals surface area contributed by atoms with Gasteiger partial charge in [-0.1, -0.05) is 19.8 Å². The molecule has 1 atom stereocenters. The number of nitrogens with zero attached hydrogens (tertiary/aromatic N) is 2. The van der Waals surface area contributed by atoms with Crippen LogP contribution in [0.1, 0.15) is 156 Å². The minimum Gasteiger partial charge on any atom is -0.390 e. The molecule has 1 unspecified atom stereocenters. The first kappa shape index (κ1) is 58.6. The maximum absolute atomic E-state index is 12.8. The lowest BCUT2D eigenvalue weighted by atomic mass is 10.0. The molecule has 62 heavy (non-hydrogen) atoms. The van der Waals surface area contributed by atoms with E-state index in [1.165, 1.54) is 6.92 Å². The minimum atomic E-state index is -0.847. The van der Waals surface area contributed by atoms with Crippen molar-refractivity contribution in [3.05, 3.63) is 0 Å². The molecule has 0 bridgehead atoms. The van der Waals surface area contributed by atoms with Gasteiger partial charge in [0.05, 0.1) is 12.5 Å². The smallest absolute Gasteiger partial charge is 0.229 e. The molecule has 0 aromatic rings. The third kappa shape index (κ3) is 39.4. The van der Waals surface area contributed by atoms with Crippen molar-refractivity contribution in [1.82, 2.24) is 36.4 Å². The predicted molar refractivity (Wildman–Crippen MR) is 244 cm³/mol. The Kier molecular flexibility index (Phi) is 38.1. The molecule has 0 spiro atoms. The van der Waals surface area contributed by atoms with Crippen LogP contribution in [0.2, 0.25) is 0 Å². The van der Waals surface area contributed by atoms with Crippen LogP contribution < -0.4 is 26.6 Å². The van der Waals surface area contributed by atoms with Gasteiger partial charge in [0, 0.05) is 90.8 Å². The van der Waals surface area contributed by atoms with Gasteiger partial charge >= 0.3 is 0 Å². The third-order valence-electron chi connectivity index (χ3n) is 10.4. The van der Waals surface area contributed by atoms with Crippen LogP contribution in [0.3, 0.4) is 0 Å². The maximum atomic E-state index is 12.8. The first-order valence-electron chi connectivity index (χ1n) is 23.6. The average molecular weight is 880 g/mol. The Hall–Kier alpha value is -3.44. The fourth-order valence-corrected chi connectivity index (χ4v) is 6.89. The third-order valence-corrected chi connectivity index (χ3v) is 10.4. The number of unbranched alkanes of at least 4 members (excludes halogenated alkanes) is 5. The number of rotatable bonds is 45. The van der Waals surface area contributed by atoms with E-state index in [9.17, 15) is 43.5 Å². The Balaban J connectivity index is 5.23. The zero-order valence-electron chi connectivity index (χ0n) is 39.0. The summed E-state index contributed by atoms with van der Waals surface area (Å²) >= 11 is 0. The number of Topliss-reactive ketones (excluding diaryl/α,β-unsaturated/α-hetero) is 5. The van der Waals surface area contributed by atoms with Crippen molar-refractivity contribution in [1.29, 1.82) is 0 Å². The number of ketones is 5. The van der Waals surface area contributed by atoms with Crippen molar-refractivity contribution in [3.8, 4) is 0 Å². The SMILES string of the molecule is CCCCNCCCC(=O)CCCCC(=O)CCCN(CCCC(=O)CCCCC(C)=O)CC(O)CN(CCNC(=O)CC(C)=O)CCNC(=O)CC(=O)NCCCCCNC. The second-order valence-electron chi connectivity index (χ2n) is 16.7. The molecule has 358 valence electrons. The van der Waals surface area contributed by atoms with Crippen LogP contribution in [0, 0.1) is 0 Å². The van der Waals surface area contributed by atoms with Gasteiger partial charge in [-0.05, 0) is 118 Å². The van der Waals surface area contributed by atoms with Gasteiger partial charge in [-0.15, -0.1) is 0 Å². The van der Waals surface area contributed by atoms with E-state index in [1.807, 2.05) is 11.9 Å². The molecule has 0 aliphatic rings. The zero-order chi connectivity index (χ0) is 46.2. The van der Waals surface area contributed by atoms with Crippen LogP contribution in [-0.2, 0) is 38.4 Å². The van der Waals surface area contributed by atoms with E-state index in [-0.39, 0.29) is 73.8 Å². The Morgan fingerprint density at radius 1 is 0.452 bits per heavy atom. The number of hydrogen-bond donors (Lipinski definition) is 6. The molecule has 0 saturated heterocycles. The van der Waals surface area contributed by atoms with E-state index in [4.69, 9.17) is 0 Å². The first-order chi connectivity index (χ1) is 29.7. The number of carbonyl (C=O) groups excluding carboxylic acids is 8. The Labute approximate surface area is 373 Å². The van der Waals surface area contributed by atoms with Crippen molar-refractivity contribution in [2.24, 2.45) is 0 Å². The van der Waals surface area contributed by atoms with Crippen LogP contribution in [-0.4, -0.2) is 153 Å². The highest BCUT2D eigenvalue weighted by Crippen LogP contribution is 2.10. The van der Waals surface area contributed by atoms with Crippen LogP contribution >= 0.6 is 0 Å². The molecular formula is C46H85N7O9. The summed E-state index contributed by atoms with van der Waals surface area (Å²) in [5, 5.41) is 26.0. The van der Waals surface area contributed by atoms with Crippen molar-refractivity contribution in [3.63, 3.8) is 0 Å². The van der Waals surface area contributed by atoms with E-state index in [0.29, 0.717) is 116 Å². The molecule has 16 heteroatoms. The number of amides is 3. The lowest BCUT2D eigenvalue weighted by molar-refractivity contribution is -0.130. The molecule has 0 rings (SSSR count). The summed E-state index contributed by atoms with van der Waals surface area (Å²) in [5.74, 6) is -0.811. The van der Waals surface area contributed by atoms with Gasteiger partial charge < -0.3 is 41.4 Å². The van der Waals surface area contributed by atoms with Gasteiger partial charge in [0.2, 0.25) is 17.7 Å². The second-order valence-corrected chi connectivity index (χ2v) is 16.7. The van der Waals surface area contributed by atoms with E-state index < -0.39 is 17.9 Å². The molecule has 0 heterocycles. The van der Waals surface area contributed by atoms with Gasteiger partial charge in [-0.25, -0.2) is 0 Å². The number of aliphatic hydroxyl groups is 1. The van der Waals surface area contributed by atoms with Gasteiger partial charge in [0.25, 0.3) is 0 Å². The molecule has 0 aliphatic carbocycles. The number of aliphatic hydroxyl groups excluding tert-OH is 1. The summed E-state index contributed by atoms with van der Waals surface area (Å²) in [4.78, 5) is 101. The molecule has 0 aliphatic heterocycles. The van der Waals surface area contributed by atoms with E-state index in [1.54, 1.807) is 6.92 Å². The summed E-state index contributed by atoms with van der Waals surface area (Å²) in [6.07, 6.45) is 11.5. The highest BCUT2D eigenvalue weighted by Gasteiger charge is 2.18. The quantitative estimate of drug-likeness (QED) is 0.0383. The summed E-state index contributed by atoms with van der Waals surface area (Å²) in [5.41, 5.74) is 0. The molecule has 0 aromatic carbocycles. The number of nitrogens with one attached hydrogen (secondary N) is 5. The standard InChI is InChI=1S/C46H85N7O9/c1-5-6-25-48-26-14-21-40(56)19-10-11-20-42(58)23-16-31-52(30-15-22-41(57)18-9-8-17-38(2)54)36-43(59)37-53(32-28-50-44(60)34-39(3)55)33-29-51-46(62)35-45(61)49-27-13-7-12-24-47-4/h43,47-48,59H,5-37H2,1-4H3,(H,49,61)(H,50,60)(H,51,62). The van der Waals surface area contributed by atoms with Gasteiger partial charge in [-0.3, -0.25) is 38.5 Å². The Bertz CT molecular complexity index is 1280. The fraction of sp³-hybridized carbons (Fsp3) is 0.826. The van der Waals surface area contributed by atoms with Gasteiger partial charge in [0.1, 0.15) is 35.3 Å². The molecule has 3 amide bonds. The van der Waals surface area contributed by atoms with E-state index >= 15 is 0 Å². The molecule has 0 saturated carbocycles. The summed E-state index contributed by atoms with van der Waals surface area (Å²) in [7, 11) is 1.89. The fourth-order valence-electron chi connectivity index (χ4n) is 6.89. The monoisotopic (exact) mass is 880 g/mol. The van der Waals surface area contributed by atoms with Crippen LogP contribution in [0.25, 0.3) is 0 Å². The van der Waals surface area contributed by atoms with Gasteiger partial charge in [0.15, 0.2) is 0 Å². The van der Waals surface area contributed by atoms with Crippen molar-refractivity contribution in [2.75, 3.05) is 85.6 Å². The number of carbonyl (C=O) groups is 8. The van der Waals surface area contributed by atoms with Crippen LogP contribution in [0.4, 0.5) is 0 Å².